The van der Waals surface area contributed by atoms with Crippen molar-refractivity contribution in [2.24, 2.45) is 0 Å². The van der Waals surface area contributed by atoms with Gasteiger partial charge in [0.1, 0.15) is 18.4 Å². The van der Waals surface area contributed by atoms with Gasteiger partial charge in [-0.3, -0.25) is 9.59 Å². The highest BCUT2D eigenvalue weighted by atomic mass is 16.2. The zero-order valence-corrected chi connectivity index (χ0v) is 15.9. The van der Waals surface area contributed by atoms with E-state index in [1.165, 1.54) is 15.5 Å². The van der Waals surface area contributed by atoms with E-state index < -0.39 is 0 Å². The van der Waals surface area contributed by atoms with E-state index >= 15 is 0 Å². The molecule has 1 N–H and O–H groups in total. The first-order valence-electron chi connectivity index (χ1n) is 9.92. The molecule has 0 unspecified atom stereocenters. The number of fused-ring (bicyclic) bond motifs is 2. The van der Waals surface area contributed by atoms with Crippen LogP contribution in [0.1, 0.15) is 25.7 Å². The first kappa shape index (κ1) is 17.6. The van der Waals surface area contributed by atoms with Crippen molar-refractivity contribution in [1.82, 2.24) is 24.7 Å². The molecular weight excluding hydrogens is 366 g/mol. The molecule has 1 aliphatic carbocycles. The minimum absolute atomic E-state index is 0.0827. The van der Waals surface area contributed by atoms with Gasteiger partial charge >= 0.3 is 0 Å². The summed E-state index contributed by atoms with van der Waals surface area (Å²) < 4.78 is 2.68. The van der Waals surface area contributed by atoms with E-state index in [4.69, 9.17) is 0 Å². The first-order valence-corrected chi connectivity index (χ1v) is 9.92. The van der Waals surface area contributed by atoms with Gasteiger partial charge in [0.15, 0.2) is 0 Å². The summed E-state index contributed by atoms with van der Waals surface area (Å²) in [5.41, 5.74) is 1.73. The number of aromatic nitrogens is 4. The van der Waals surface area contributed by atoms with Crippen molar-refractivity contribution < 1.29 is 4.79 Å². The molecule has 1 saturated carbocycles. The average Bonchev–Trinajstić information content (AvgIpc) is 3.40. The van der Waals surface area contributed by atoms with E-state index in [2.05, 4.69) is 15.5 Å². The van der Waals surface area contributed by atoms with Gasteiger partial charge in [-0.25, -0.2) is 9.20 Å². The number of carbonyl (C=O) groups is 1. The van der Waals surface area contributed by atoms with Crippen LogP contribution >= 0.6 is 0 Å². The molecule has 7 heteroatoms. The Morgan fingerprint density at radius 3 is 2.76 bits per heavy atom. The Morgan fingerprint density at radius 2 is 1.90 bits per heavy atom. The fraction of sp³-hybridized carbons (Fsp3) is 0.273. The van der Waals surface area contributed by atoms with E-state index in [0.29, 0.717) is 11.2 Å². The predicted octanol–water partition coefficient (Wildman–Crippen LogP) is 2.77. The summed E-state index contributed by atoms with van der Waals surface area (Å²) in [5.74, 6) is -0.176. The van der Waals surface area contributed by atoms with Crippen molar-refractivity contribution in [2.75, 3.05) is 0 Å². The Balaban J connectivity index is 1.48. The van der Waals surface area contributed by atoms with Gasteiger partial charge in [0, 0.05) is 11.6 Å². The van der Waals surface area contributed by atoms with Gasteiger partial charge in [-0.05, 0) is 29.7 Å². The molecule has 1 amide bonds. The summed E-state index contributed by atoms with van der Waals surface area (Å²) in [7, 11) is 0. The molecule has 2 aromatic carbocycles. The van der Waals surface area contributed by atoms with Crippen LogP contribution in [0.2, 0.25) is 0 Å². The lowest BCUT2D eigenvalue weighted by Crippen LogP contribution is -2.38. The van der Waals surface area contributed by atoms with E-state index in [-0.39, 0.29) is 24.1 Å². The van der Waals surface area contributed by atoms with Crippen LogP contribution in [0.5, 0.6) is 0 Å². The number of benzene rings is 2. The zero-order chi connectivity index (χ0) is 19.8. The third-order valence-corrected chi connectivity index (χ3v) is 5.57. The maximum absolute atomic E-state index is 12.9. The molecule has 1 fully saturated rings. The summed E-state index contributed by atoms with van der Waals surface area (Å²) in [6.07, 6.45) is 5.77. The molecule has 2 heterocycles. The molecule has 0 atom stereocenters. The maximum atomic E-state index is 12.9. The van der Waals surface area contributed by atoms with Crippen LogP contribution < -0.4 is 10.9 Å². The number of rotatable bonds is 4. The van der Waals surface area contributed by atoms with Gasteiger partial charge in [-0.1, -0.05) is 55.3 Å². The van der Waals surface area contributed by atoms with Crippen LogP contribution in [-0.4, -0.2) is 31.3 Å². The highest BCUT2D eigenvalue weighted by molar-refractivity contribution is 5.96. The molecule has 0 aliphatic heterocycles. The van der Waals surface area contributed by atoms with Crippen molar-refractivity contribution in [2.45, 2.75) is 38.3 Å². The number of amides is 1. The summed E-state index contributed by atoms with van der Waals surface area (Å²) >= 11 is 0. The van der Waals surface area contributed by atoms with Crippen molar-refractivity contribution in [3.05, 3.63) is 65.2 Å². The molecule has 29 heavy (non-hydrogen) atoms. The van der Waals surface area contributed by atoms with E-state index in [0.717, 1.165) is 42.0 Å². The van der Waals surface area contributed by atoms with Gasteiger partial charge in [0.05, 0.1) is 5.69 Å². The fourth-order valence-corrected chi connectivity index (χ4v) is 4.11. The summed E-state index contributed by atoms with van der Waals surface area (Å²) in [5, 5.41) is 13.8. The standard InChI is InChI=1S/C22H21N5O2/c28-21(24-16-8-2-3-9-16)13-26-22(29)20-12-19(25-27(20)14-23-26)18-11-5-7-15-6-1-4-10-17(15)18/h1,4-7,10-12,14,16H,2-3,8-9,13H2,(H,24,28). The van der Waals surface area contributed by atoms with Gasteiger partial charge in [0.2, 0.25) is 5.91 Å². The SMILES string of the molecule is O=C(Cn1ncn2nc(-c3cccc4ccccc34)cc2c1=O)NC1CCCC1. The Kier molecular flexibility index (Phi) is 4.35. The summed E-state index contributed by atoms with van der Waals surface area (Å²) in [6.45, 7) is -0.0827. The quantitative estimate of drug-likeness (QED) is 0.584. The van der Waals surface area contributed by atoms with E-state index in [1.54, 1.807) is 6.07 Å². The second-order valence-corrected chi connectivity index (χ2v) is 7.53. The second kappa shape index (κ2) is 7.16. The molecule has 0 radical (unpaired) electrons. The Labute approximate surface area is 167 Å². The predicted molar refractivity (Wildman–Crippen MR) is 111 cm³/mol. The molecule has 146 valence electrons. The highest BCUT2D eigenvalue weighted by Gasteiger charge is 2.18. The second-order valence-electron chi connectivity index (χ2n) is 7.53. The fourth-order valence-electron chi connectivity index (χ4n) is 4.11. The van der Waals surface area contributed by atoms with Crippen molar-refractivity contribution in [1.29, 1.82) is 0 Å². The molecule has 0 saturated heterocycles. The number of nitrogens with one attached hydrogen (secondary N) is 1. The minimum atomic E-state index is -0.326. The van der Waals surface area contributed by atoms with E-state index in [9.17, 15) is 9.59 Å². The molecule has 7 nitrogen and oxygen atoms in total. The molecule has 0 bridgehead atoms. The van der Waals surface area contributed by atoms with Gasteiger partial charge < -0.3 is 5.32 Å². The van der Waals surface area contributed by atoms with Crippen LogP contribution in [0.25, 0.3) is 27.5 Å². The van der Waals surface area contributed by atoms with Gasteiger partial charge in [-0.15, -0.1) is 0 Å². The number of carbonyl (C=O) groups excluding carboxylic acids is 1. The minimum Gasteiger partial charge on any atom is -0.352 e. The van der Waals surface area contributed by atoms with Crippen LogP contribution in [0.3, 0.4) is 0 Å². The van der Waals surface area contributed by atoms with Crippen molar-refractivity contribution >= 4 is 22.2 Å². The van der Waals surface area contributed by atoms with Crippen LogP contribution in [0.4, 0.5) is 0 Å². The third-order valence-electron chi connectivity index (χ3n) is 5.57. The summed E-state index contributed by atoms with van der Waals surface area (Å²) in [4.78, 5) is 25.2. The average molecular weight is 387 g/mol. The van der Waals surface area contributed by atoms with E-state index in [1.807, 2.05) is 42.5 Å². The zero-order valence-electron chi connectivity index (χ0n) is 15.9. The Bertz CT molecular complexity index is 1260. The van der Waals surface area contributed by atoms with Gasteiger partial charge in [0.25, 0.3) is 5.56 Å². The van der Waals surface area contributed by atoms with Gasteiger partial charge in [-0.2, -0.15) is 10.2 Å². The molecule has 4 aromatic rings. The smallest absolute Gasteiger partial charge is 0.293 e. The van der Waals surface area contributed by atoms with Crippen LogP contribution in [0.15, 0.2) is 59.7 Å². The number of nitrogens with zero attached hydrogens (tertiary/aromatic N) is 4. The molecule has 0 spiro atoms. The normalized spacial score (nSPS) is 14.6. The number of hydrogen-bond donors (Lipinski definition) is 1. The molecule has 5 rings (SSSR count). The Morgan fingerprint density at radius 1 is 1.10 bits per heavy atom. The van der Waals surface area contributed by atoms with Crippen molar-refractivity contribution in [3.8, 4) is 11.3 Å². The Hall–Kier alpha value is -3.48. The van der Waals surface area contributed by atoms with Crippen LogP contribution in [-0.2, 0) is 11.3 Å². The van der Waals surface area contributed by atoms with Crippen LogP contribution in [0, 0.1) is 0 Å². The summed E-state index contributed by atoms with van der Waals surface area (Å²) in [6, 6.07) is 16.1. The number of hydrogen-bond acceptors (Lipinski definition) is 4. The molecule has 2 aromatic heterocycles. The largest absolute Gasteiger partial charge is 0.352 e. The first-order chi connectivity index (χ1) is 14.2. The van der Waals surface area contributed by atoms with Crippen molar-refractivity contribution in [3.63, 3.8) is 0 Å². The lowest BCUT2D eigenvalue weighted by molar-refractivity contribution is -0.122. The molecular formula is C22H21N5O2. The maximum Gasteiger partial charge on any atom is 0.293 e. The topological polar surface area (TPSA) is 81.3 Å². The third kappa shape index (κ3) is 3.29. The highest BCUT2D eigenvalue weighted by Crippen LogP contribution is 2.27. The lowest BCUT2D eigenvalue weighted by atomic mass is 10.0. The lowest BCUT2D eigenvalue weighted by Gasteiger charge is -2.12. The molecule has 1 aliphatic rings. The monoisotopic (exact) mass is 387 g/mol.